The van der Waals surface area contributed by atoms with E-state index in [1.807, 2.05) is 45.0 Å². The Morgan fingerprint density at radius 2 is 2.00 bits per heavy atom. The summed E-state index contributed by atoms with van der Waals surface area (Å²) in [4.78, 5) is 12.1. The standard InChI is InChI=1S/C14H22N2O2/c1-5-10-18-12-9-7-6-8-11(12)16-13(17)14(2,3)15-4/h6-9,15H,5,10H2,1-4H3,(H,16,17). The van der Waals surface area contributed by atoms with Gasteiger partial charge in [-0.15, -0.1) is 0 Å². The second kappa shape index (κ2) is 6.40. The molecule has 0 fully saturated rings. The number of nitrogens with one attached hydrogen (secondary N) is 2. The highest BCUT2D eigenvalue weighted by molar-refractivity contribution is 5.98. The summed E-state index contributed by atoms with van der Waals surface area (Å²) in [5, 5.41) is 5.86. The van der Waals surface area contributed by atoms with Gasteiger partial charge in [-0.3, -0.25) is 4.79 Å². The number of benzene rings is 1. The van der Waals surface area contributed by atoms with Gasteiger partial charge in [-0.2, -0.15) is 0 Å². The van der Waals surface area contributed by atoms with Crippen LogP contribution in [0.15, 0.2) is 24.3 Å². The average Bonchev–Trinajstić information content (AvgIpc) is 2.37. The molecule has 0 saturated heterocycles. The van der Waals surface area contributed by atoms with Crippen LogP contribution in [0.1, 0.15) is 27.2 Å². The highest BCUT2D eigenvalue weighted by atomic mass is 16.5. The fourth-order valence-electron chi connectivity index (χ4n) is 1.30. The maximum Gasteiger partial charge on any atom is 0.244 e. The minimum absolute atomic E-state index is 0.0856. The molecule has 18 heavy (non-hydrogen) atoms. The number of hydrogen-bond acceptors (Lipinski definition) is 3. The first kappa shape index (κ1) is 14.5. The summed E-state index contributed by atoms with van der Waals surface area (Å²) in [7, 11) is 1.76. The van der Waals surface area contributed by atoms with Gasteiger partial charge in [-0.25, -0.2) is 0 Å². The van der Waals surface area contributed by atoms with Gasteiger partial charge in [0.25, 0.3) is 0 Å². The Morgan fingerprint density at radius 1 is 1.33 bits per heavy atom. The highest BCUT2D eigenvalue weighted by Crippen LogP contribution is 2.24. The van der Waals surface area contributed by atoms with Gasteiger partial charge in [0.2, 0.25) is 5.91 Å². The fourth-order valence-corrected chi connectivity index (χ4v) is 1.30. The maximum atomic E-state index is 12.1. The van der Waals surface area contributed by atoms with E-state index in [1.54, 1.807) is 7.05 Å². The van der Waals surface area contributed by atoms with Crippen molar-refractivity contribution in [2.45, 2.75) is 32.7 Å². The molecular formula is C14H22N2O2. The third-order valence-electron chi connectivity index (χ3n) is 2.79. The number of hydrogen-bond donors (Lipinski definition) is 2. The molecule has 4 nitrogen and oxygen atoms in total. The lowest BCUT2D eigenvalue weighted by Gasteiger charge is -2.23. The van der Waals surface area contributed by atoms with E-state index in [-0.39, 0.29) is 5.91 Å². The van der Waals surface area contributed by atoms with Crippen LogP contribution in [0, 0.1) is 0 Å². The quantitative estimate of drug-likeness (QED) is 0.815. The molecule has 100 valence electrons. The number of likely N-dealkylation sites (N-methyl/N-ethyl adjacent to an activating group) is 1. The molecule has 0 aliphatic carbocycles. The normalized spacial score (nSPS) is 11.1. The number of anilines is 1. The summed E-state index contributed by atoms with van der Waals surface area (Å²) in [5.41, 5.74) is 0.0944. The van der Waals surface area contributed by atoms with Crippen molar-refractivity contribution >= 4 is 11.6 Å². The smallest absolute Gasteiger partial charge is 0.244 e. The number of carbonyl (C=O) groups is 1. The van der Waals surface area contributed by atoms with Gasteiger partial charge in [0.15, 0.2) is 0 Å². The Morgan fingerprint density at radius 3 is 2.61 bits per heavy atom. The number of rotatable bonds is 6. The molecule has 0 heterocycles. The van der Waals surface area contributed by atoms with E-state index in [0.717, 1.165) is 6.42 Å². The lowest BCUT2D eigenvalue weighted by atomic mass is 10.1. The zero-order valence-corrected chi connectivity index (χ0v) is 11.5. The SMILES string of the molecule is CCCOc1ccccc1NC(=O)C(C)(C)NC. The van der Waals surface area contributed by atoms with Crippen LogP contribution in [0.5, 0.6) is 5.75 Å². The van der Waals surface area contributed by atoms with Crippen molar-refractivity contribution in [2.24, 2.45) is 0 Å². The summed E-state index contributed by atoms with van der Waals surface area (Å²) in [6.07, 6.45) is 0.935. The summed E-state index contributed by atoms with van der Waals surface area (Å²) < 4.78 is 5.60. The molecule has 0 aliphatic rings. The summed E-state index contributed by atoms with van der Waals surface area (Å²) in [6.45, 7) is 6.35. The summed E-state index contributed by atoms with van der Waals surface area (Å²) >= 11 is 0. The topological polar surface area (TPSA) is 50.4 Å². The van der Waals surface area contributed by atoms with Crippen molar-refractivity contribution in [3.05, 3.63) is 24.3 Å². The molecule has 0 radical (unpaired) electrons. The third kappa shape index (κ3) is 3.74. The van der Waals surface area contributed by atoms with Gasteiger partial charge in [0, 0.05) is 0 Å². The van der Waals surface area contributed by atoms with Crippen molar-refractivity contribution in [2.75, 3.05) is 19.0 Å². The third-order valence-corrected chi connectivity index (χ3v) is 2.79. The van der Waals surface area contributed by atoms with Crippen LogP contribution >= 0.6 is 0 Å². The Balaban J connectivity index is 2.81. The van der Waals surface area contributed by atoms with Gasteiger partial charge in [0.1, 0.15) is 5.75 Å². The molecule has 1 amide bonds. The lowest BCUT2D eigenvalue weighted by Crippen LogP contribution is -2.47. The van der Waals surface area contributed by atoms with E-state index in [9.17, 15) is 4.79 Å². The minimum atomic E-state index is -0.613. The number of ether oxygens (including phenoxy) is 1. The van der Waals surface area contributed by atoms with E-state index in [1.165, 1.54) is 0 Å². The molecular weight excluding hydrogens is 228 g/mol. The van der Waals surface area contributed by atoms with E-state index >= 15 is 0 Å². The average molecular weight is 250 g/mol. The second-order valence-electron chi connectivity index (χ2n) is 4.67. The molecule has 1 aromatic carbocycles. The van der Waals surface area contributed by atoms with E-state index in [4.69, 9.17) is 4.74 Å². The van der Waals surface area contributed by atoms with Crippen molar-refractivity contribution in [3.8, 4) is 5.75 Å². The van der Waals surface area contributed by atoms with Gasteiger partial charge in [-0.1, -0.05) is 19.1 Å². The molecule has 2 N–H and O–H groups in total. The summed E-state index contributed by atoms with van der Waals surface area (Å²) in [6, 6.07) is 7.47. The van der Waals surface area contributed by atoms with E-state index in [2.05, 4.69) is 10.6 Å². The van der Waals surface area contributed by atoms with Crippen molar-refractivity contribution in [3.63, 3.8) is 0 Å². The summed E-state index contributed by atoms with van der Waals surface area (Å²) in [5.74, 6) is 0.622. The van der Waals surface area contributed by atoms with Crippen LogP contribution in [0.25, 0.3) is 0 Å². The minimum Gasteiger partial charge on any atom is -0.491 e. The van der Waals surface area contributed by atoms with Crippen molar-refractivity contribution in [1.82, 2.24) is 5.32 Å². The number of amides is 1. The van der Waals surface area contributed by atoms with Crippen LogP contribution in [-0.2, 0) is 4.79 Å². The van der Waals surface area contributed by atoms with Crippen LogP contribution in [0.3, 0.4) is 0 Å². The Hall–Kier alpha value is -1.55. The lowest BCUT2D eigenvalue weighted by molar-refractivity contribution is -0.121. The number of para-hydroxylation sites is 2. The molecule has 1 aromatic rings. The van der Waals surface area contributed by atoms with E-state index in [0.29, 0.717) is 18.0 Å². The molecule has 0 bridgehead atoms. The largest absolute Gasteiger partial charge is 0.491 e. The predicted molar refractivity (Wildman–Crippen MR) is 74.0 cm³/mol. The molecule has 0 spiro atoms. The molecule has 0 aromatic heterocycles. The van der Waals surface area contributed by atoms with Gasteiger partial charge in [0.05, 0.1) is 17.8 Å². The Bertz CT molecular complexity index is 403. The molecule has 1 rings (SSSR count). The predicted octanol–water partition coefficient (Wildman–Crippen LogP) is 2.41. The van der Waals surface area contributed by atoms with Crippen molar-refractivity contribution < 1.29 is 9.53 Å². The Labute approximate surface area is 109 Å². The highest BCUT2D eigenvalue weighted by Gasteiger charge is 2.25. The first-order valence-corrected chi connectivity index (χ1v) is 6.23. The zero-order chi connectivity index (χ0) is 13.6. The molecule has 0 unspecified atom stereocenters. The first-order chi connectivity index (χ1) is 8.51. The monoisotopic (exact) mass is 250 g/mol. The van der Waals surface area contributed by atoms with Crippen LogP contribution in [0.2, 0.25) is 0 Å². The van der Waals surface area contributed by atoms with Crippen LogP contribution in [-0.4, -0.2) is 25.1 Å². The molecule has 4 heteroatoms. The molecule has 0 aliphatic heterocycles. The molecule has 0 atom stereocenters. The maximum absolute atomic E-state index is 12.1. The van der Waals surface area contributed by atoms with Gasteiger partial charge >= 0.3 is 0 Å². The van der Waals surface area contributed by atoms with Crippen LogP contribution in [0.4, 0.5) is 5.69 Å². The number of carbonyl (C=O) groups excluding carboxylic acids is 1. The van der Waals surface area contributed by atoms with E-state index < -0.39 is 5.54 Å². The van der Waals surface area contributed by atoms with Crippen LogP contribution < -0.4 is 15.4 Å². The van der Waals surface area contributed by atoms with Gasteiger partial charge < -0.3 is 15.4 Å². The van der Waals surface area contributed by atoms with Crippen molar-refractivity contribution in [1.29, 1.82) is 0 Å². The first-order valence-electron chi connectivity index (χ1n) is 6.23. The fraction of sp³-hybridized carbons (Fsp3) is 0.500. The van der Waals surface area contributed by atoms with Gasteiger partial charge in [-0.05, 0) is 39.4 Å². The zero-order valence-electron chi connectivity index (χ0n) is 11.5. The second-order valence-corrected chi connectivity index (χ2v) is 4.67. The Kier molecular flexibility index (Phi) is 5.16. The molecule has 0 saturated carbocycles.